The lowest BCUT2D eigenvalue weighted by Gasteiger charge is -2.42. The van der Waals surface area contributed by atoms with Crippen LogP contribution in [0.1, 0.15) is 63.5 Å². The second kappa shape index (κ2) is 12.4. The number of anilines is 2. The van der Waals surface area contributed by atoms with Gasteiger partial charge in [0, 0.05) is 36.6 Å². The highest BCUT2D eigenvalue weighted by Gasteiger charge is 2.38. The molecule has 3 N–H and O–H groups in total. The summed E-state index contributed by atoms with van der Waals surface area (Å²) in [5.41, 5.74) is 5.66. The number of piperidine rings is 1. The minimum atomic E-state index is -3.29. The lowest BCUT2D eigenvalue weighted by molar-refractivity contribution is 0.233. The number of carbonyl (C=O) groups is 1. The maximum atomic E-state index is 13.4. The van der Waals surface area contributed by atoms with Crippen molar-refractivity contribution in [1.29, 1.82) is 0 Å². The van der Waals surface area contributed by atoms with Crippen molar-refractivity contribution in [2.75, 3.05) is 36.5 Å². The number of rotatable bonds is 9. The molecule has 8 heteroatoms. The molecule has 2 amide bonds. The Morgan fingerprint density at radius 1 is 0.850 bits per heavy atom. The minimum Gasteiger partial charge on any atom is -0.377 e. The van der Waals surface area contributed by atoms with Gasteiger partial charge in [0.05, 0.1) is 11.8 Å². The Kier molecular flexibility index (Phi) is 9.21. The van der Waals surface area contributed by atoms with Crippen molar-refractivity contribution in [3.8, 4) is 11.1 Å². The Bertz CT molecular complexity index is 1390. The van der Waals surface area contributed by atoms with Crippen molar-refractivity contribution >= 4 is 27.4 Å². The molecule has 1 aliphatic rings. The van der Waals surface area contributed by atoms with Crippen molar-refractivity contribution in [2.45, 2.75) is 57.9 Å². The van der Waals surface area contributed by atoms with E-state index >= 15 is 0 Å². The fraction of sp³-hybridized carbons (Fsp3) is 0.406. The summed E-state index contributed by atoms with van der Waals surface area (Å²) in [6.07, 6.45) is 2.37. The Hall–Kier alpha value is -3.36. The molecule has 0 saturated carbocycles. The molecule has 1 saturated heterocycles. The average Bonchev–Trinajstić information content (AvgIpc) is 2.92. The molecule has 0 aromatic heterocycles. The third-order valence-electron chi connectivity index (χ3n) is 7.76. The first kappa shape index (κ1) is 29.6. The van der Waals surface area contributed by atoms with Gasteiger partial charge >= 0.3 is 6.03 Å². The zero-order valence-corrected chi connectivity index (χ0v) is 25.0. The van der Waals surface area contributed by atoms with Gasteiger partial charge in [-0.15, -0.1) is 0 Å². The summed E-state index contributed by atoms with van der Waals surface area (Å²) in [6.45, 7) is 9.62. The van der Waals surface area contributed by atoms with Crippen LogP contribution in [0.3, 0.4) is 0 Å². The maximum absolute atomic E-state index is 13.4. The number of hydrogen-bond acceptors (Lipinski definition) is 4. The fourth-order valence-electron chi connectivity index (χ4n) is 5.44. The molecule has 0 radical (unpaired) electrons. The van der Waals surface area contributed by atoms with Gasteiger partial charge in [0.15, 0.2) is 0 Å². The second-order valence-corrected chi connectivity index (χ2v) is 13.4. The van der Waals surface area contributed by atoms with Gasteiger partial charge in [0.25, 0.3) is 0 Å². The Morgan fingerprint density at radius 2 is 1.43 bits per heavy atom. The summed E-state index contributed by atoms with van der Waals surface area (Å²) in [5, 5.41) is 10.0. The Labute approximate surface area is 239 Å². The van der Waals surface area contributed by atoms with Crippen LogP contribution < -0.4 is 16.0 Å². The first-order valence-corrected chi connectivity index (χ1v) is 15.9. The summed E-state index contributed by atoms with van der Waals surface area (Å²) >= 11 is 0. The molecule has 1 fully saturated rings. The molecule has 0 unspecified atom stereocenters. The van der Waals surface area contributed by atoms with Gasteiger partial charge < -0.3 is 16.0 Å². The largest absolute Gasteiger partial charge is 0.377 e. The lowest BCUT2D eigenvalue weighted by Crippen LogP contribution is -2.56. The number of nitrogens with zero attached hydrogens (tertiary/aromatic N) is 1. The average molecular weight is 563 g/mol. The molecular formula is C32H42N4O3S. The third kappa shape index (κ3) is 7.04. The summed E-state index contributed by atoms with van der Waals surface area (Å²) in [6, 6.07) is 24.2. The van der Waals surface area contributed by atoms with Gasteiger partial charge in [-0.3, -0.25) is 0 Å². The van der Waals surface area contributed by atoms with Crippen LogP contribution in [0.15, 0.2) is 72.8 Å². The normalized spacial score (nSPS) is 15.7. The number of benzene rings is 3. The number of amides is 2. The Balaban J connectivity index is 1.59. The van der Waals surface area contributed by atoms with Gasteiger partial charge in [0.1, 0.15) is 0 Å². The summed E-state index contributed by atoms with van der Waals surface area (Å²) in [5.74, 6) is 0.522. The summed E-state index contributed by atoms with van der Waals surface area (Å²) in [7, 11) is -3.29. The fourth-order valence-corrected chi connectivity index (χ4v) is 6.29. The molecule has 4 rings (SSSR count). The van der Waals surface area contributed by atoms with Crippen molar-refractivity contribution in [2.24, 2.45) is 0 Å². The SMILES string of the molecule is CC(C)c1cccc(C(C)C)c1NC(=O)NCC1(Nc2ccccc2-c2ccccc2)CCN(S(C)(=O)=O)CC1. The van der Waals surface area contributed by atoms with E-state index in [1.165, 1.54) is 10.6 Å². The van der Waals surface area contributed by atoms with Crippen LogP contribution in [0, 0.1) is 0 Å². The molecule has 1 heterocycles. The molecule has 0 spiro atoms. The van der Waals surface area contributed by atoms with E-state index in [1.54, 1.807) is 0 Å². The van der Waals surface area contributed by atoms with E-state index in [4.69, 9.17) is 0 Å². The lowest BCUT2D eigenvalue weighted by atomic mass is 9.87. The van der Waals surface area contributed by atoms with Gasteiger partial charge in [-0.2, -0.15) is 0 Å². The highest BCUT2D eigenvalue weighted by Crippen LogP contribution is 2.35. The highest BCUT2D eigenvalue weighted by atomic mass is 32.2. The molecule has 0 bridgehead atoms. The maximum Gasteiger partial charge on any atom is 0.319 e. The molecule has 214 valence electrons. The van der Waals surface area contributed by atoms with Crippen LogP contribution in [0.5, 0.6) is 0 Å². The molecule has 3 aromatic rings. The van der Waals surface area contributed by atoms with Crippen LogP contribution in [0.25, 0.3) is 11.1 Å². The molecule has 0 atom stereocenters. The van der Waals surface area contributed by atoms with E-state index in [-0.39, 0.29) is 17.9 Å². The molecule has 40 heavy (non-hydrogen) atoms. The zero-order chi connectivity index (χ0) is 28.9. The predicted octanol–water partition coefficient (Wildman–Crippen LogP) is 6.63. The van der Waals surface area contributed by atoms with Crippen LogP contribution in [-0.2, 0) is 10.0 Å². The number of urea groups is 1. The molecule has 3 aromatic carbocycles. The first-order valence-electron chi connectivity index (χ1n) is 14.0. The molecule has 0 aliphatic carbocycles. The van der Waals surface area contributed by atoms with E-state index in [0.29, 0.717) is 32.5 Å². The van der Waals surface area contributed by atoms with Crippen molar-refractivity contribution in [3.05, 3.63) is 83.9 Å². The van der Waals surface area contributed by atoms with E-state index in [9.17, 15) is 13.2 Å². The smallest absolute Gasteiger partial charge is 0.319 e. The number of hydrogen-bond donors (Lipinski definition) is 3. The van der Waals surface area contributed by atoms with Gasteiger partial charge in [-0.05, 0) is 47.4 Å². The number of nitrogens with one attached hydrogen (secondary N) is 3. The van der Waals surface area contributed by atoms with Crippen LogP contribution in [-0.4, -0.2) is 50.2 Å². The topological polar surface area (TPSA) is 90.5 Å². The van der Waals surface area contributed by atoms with Crippen molar-refractivity contribution in [1.82, 2.24) is 9.62 Å². The van der Waals surface area contributed by atoms with Gasteiger partial charge in [-0.1, -0.05) is 94.4 Å². The standard InChI is InChI=1S/C32H42N4O3S/c1-23(2)26-15-11-16-27(24(3)4)30(26)34-31(37)33-22-32(18-20-36(21-19-32)40(5,38)39)35-29-17-10-9-14-28(29)25-12-7-6-8-13-25/h6-17,23-24,35H,18-22H2,1-5H3,(H2,33,34,37). The highest BCUT2D eigenvalue weighted by molar-refractivity contribution is 7.88. The zero-order valence-electron chi connectivity index (χ0n) is 24.2. The van der Waals surface area contributed by atoms with Gasteiger partial charge in [0.2, 0.25) is 10.0 Å². The third-order valence-corrected chi connectivity index (χ3v) is 9.06. The number of carbonyl (C=O) groups excluding carboxylic acids is 1. The van der Waals surface area contributed by atoms with E-state index in [1.807, 2.05) is 42.5 Å². The van der Waals surface area contributed by atoms with Gasteiger partial charge in [-0.25, -0.2) is 17.5 Å². The first-order chi connectivity index (χ1) is 19.0. The number of para-hydroxylation sites is 2. The second-order valence-electron chi connectivity index (χ2n) is 11.4. The quantitative estimate of drug-likeness (QED) is 0.273. The minimum absolute atomic E-state index is 0.261. The van der Waals surface area contributed by atoms with Crippen LogP contribution in [0.4, 0.5) is 16.2 Å². The summed E-state index contributed by atoms with van der Waals surface area (Å²) < 4.78 is 26.0. The van der Waals surface area contributed by atoms with E-state index < -0.39 is 15.6 Å². The number of sulfonamides is 1. The Morgan fingerprint density at radius 3 is 2.00 bits per heavy atom. The molecule has 7 nitrogen and oxygen atoms in total. The predicted molar refractivity (Wildman–Crippen MR) is 166 cm³/mol. The van der Waals surface area contributed by atoms with E-state index in [0.717, 1.165) is 33.6 Å². The monoisotopic (exact) mass is 562 g/mol. The van der Waals surface area contributed by atoms with Crippen LogP contribution in [0.2, 0.25) is 0 Å². The van der Waals surface area contributed by atoms with E-state index in [2.05, 4.69) is 74.0 Å². The van der Waals surface area contributed by atoms with Crippen molar-refractivity contribution in [3.63, 3.8) is 0 Å². The molecule has 1 aliphatic heterocycles. The molecular weight excluding hydrogens is 520 g/mol. The van der Waals surface area contributed by atoms with Crippen molar-refractivity contribution < 1.29 is 13.2 Å². The van der Waals surface area contributed by atoms with Crippen LogP contribution >= 0.6 is 0 Å². The summed E-state index contributed by atoms with van der Waals surface area (Å²) in [4.78, 5) is 13.4.